The SMILES string of the molecule is Cc1ccc2c(c1)CC(CNCC(C)(C)C(C)C)O2. The third-order valence-electron chi connectivity index (χ3n) is 4.47. The zero-order valence-corrected chi connectivity index (χ0v) is 12.9. The minimum absolute atomic E-state index is 0.291. The van der Waals surface area contributed by atoms with Crippen molar-refractivity contribution in [2.24, 2.45) is 11.3 Å². The average molecular weight is 261 g/mol. The van der Waals surface area contributed by atoms with Gasteiger partial charge >= 0.3 is 0 Å². The first kappa shape index (κ1) is 14.4. The third-order valence-corrected chi connectivity index (χ3v) is 4.47. The fourth-order valence-electron chi connectivity index (χ4n) is 2.32. The topological polar surface area (TPSA) is 21.3 Å². The van der Waals surface area contributed by atoms with Gasteiger partial charge in [0, 0.05) is 19.5 Å². The van der Waals surface area contributed by atoms with E-state index in [0.717, 1.165) is 25.3 Å². The molecule has 2 nitrogen and oxygen atoms in total. The minimum Gasteiger partial charge on any atom is -0.488 e. The maximum absolute atomic E-state index is 5.97. The molecule has 0 radical (unpaired) electrons. The lowest BCUT2D eigenvalue weighted by molar-refractivity contribution is 0.197. The zero-order chi connectivity index (χ0) is 14.0. The lowest BCUT2D eigenvalue weighted by atomic mass is 9.81. The number of aryl methyl sites for hydroxylation is 1. The molecule has 1 aromatic rings. The van der Waals surface area contributed by atoms with E-state index in [2.05, 4.69) is 58.1 Å². The Balaban J connectivity index is 1.81. The largest absolute Gasteiger partial charge is 0.488 e. The molecule has 1 heterocycles. The molecule has 0 spiro atoms. The summed E-state index contributed by atoms with van der Waals surface area (Å²) in [5.74, 6) is 1.75. The lowest BCUT2D eigenvalue weighted by Gasteiger charge is -2.30. The fourth-order valence-corrected chi connectivity index (χ4v) is 2.32. The van der Waals surface area contributed by atoms with Gasteiger partial charge in [0.05, 0.1) is 0 Å². The highest BCUT2D eigenvalue weighted by atomic mass is 16.5. The summed E-state index contributed by atoms with van der Waals surface area (Å²) < 4.78 is 5.97. The van der Waals surface area contributed by atoms with E-state index in [4.69, 9.17) is 4.74 Å². The van der Waals surface area contributed by atoms with Crippen LogP contribution in [0.2, 0.25) is 0 Å². The Morgan fingerprint density at radius 1 is 1.37 bits per heavy atom. The van der Waals surface area contributed by atoms with E-state index in [-0.39, 0.29) is 0 Å². The minimum atomic E-state index is 0.291. The first-order valence-corrected chi connectivity index (χ1v) is 7.35. The number of ether oxygens (including phenoxy) is 1. The fraction of sp³-hybridized carbons (Fsp3) is 0.647. The molecule has 1 aromatic carbocycles. The van der Waals surface area contributed by atoms with Crippen molar-refractivity contribution in [1.82, 2.24) is 5.32 Å². The first-order valence-electron chi connectivity index (χ1n) is 7.35. The van der Waals surface area contributed by atoms with Crippen LogP contribution >= 0.6 is 0 Å². The molecule has 1 N–H and O–H groups in total. The number of hydrogen-bond acceptors (Lipinski definition) is 2. The van der Waals surface area contributed by atoms with Gasteiger partial charge in [-0.05, 0) is 29.9 Å². The molecular formula is C17H27NO. The molecule has 0 aliphatic carbocycles. The molecule has 1 atom stereocenters. The Hall–Kier alpha value is -1.02. The van der Waals surface area contributed by atoms with Gasteiger partial charge in [0.1, 0.15) is 11.9 Å². The summed E-state index contributed by atoms with van der Waals surface area (Å²) in [4.78, 5) is 0. The van der Waals surface area contributed by atoms with Gasteiger partial charge in [-0.15, -0.1) is 0 Å². The van der Waals surface area contributed by atoms with E-state index >= 15 is 0 Å². The second kappa shape index (κ2) is 5.54. The van der Waals surface area contributed by atoms with Crippen LogP contribution in [-0.4, -0.2) is 19.2 Å². The molecule has 0 bridgehead atoms. The molecule has 0 amide bonds. The molecule has 2 rings (SSSR count). The Labute approximate surface area is 117 Å². The van der Waals surface area contributed by atoms with Crippen LogP contribution in [0, 0.1) is 18.3 Å². The molecule has 19 heavy (non-hydrogen) atoms. The van der Waals surface area contributed by atoms with Crippen LogP contribution in [0.1, 0.15) is 38.8 Å². The van der Waals surface area contributed by atoms with Crippen LogP contribution in [0.4, 0.5) is 0 Å². The average Bonchev–Trinajstić information content (AvgIpc) is 2.70. The van der Waals surface area contributed by atoms with Crippen molar-refractivity contribution in [1.29, 1.82) is 0 Å². The summed E-state index contributed by atoms with van der Waals surface area (Å²) in [5, 5.41) is 3.57. The molecule has 0 aromatic heterocycles. The van der Waals surface area contributed by atoms with E-state index < -0.39 is 0 Å². The number of benzene rings is 1. The number of nitrogens with one attached hydrogen (secondary N) is 1. The molecular weight excluding hydrogens is 234 g/mol. The summed E-state index contributed by atoms with van der Waals surface area (Å²) >= 11 is 0. The van der Waals surface area contributed by atoms with Crippen LogP contribution in [0.15, 0.2) is 18.2 Å². The van der Waals surface area contributed by atoms with Crippen molar-refractivity contribution < 1.29 is 4.74 Å². The molecule has 0 fully saturated rings. The molecule has 106 valence electrons. The molecule has 1 aliphatic rings. The highest BCUT2D eigenvalue weighted by Crippen LogP contribution is 2.29. The summed E-state index contributed by atoms with van der Waals surface area (Å²) in [6, 6.07) is 6.46. The third kappa shape index (κ3) is 3.50. The van der Waals surface area contributed by atoms with Crippen molar-refractivity contribution in [2.75, 3.05) is 13.1 Å². The van der Waals surface area contributed by atoms with Gasteiger partial charge in [-0.25, -0.2) is 0 Å². The van der Waals surface area contributed by atoms with Crippen LogP contribution in [0.5, 0.6) is 5.75 Å². The van der Waals surface area contributed by atoms with Crippen molar-refractivity contribution in [3.8, 4) is 5.75 Å². The maximum atomic E-state index is 5.97. The zero-order valence-electron chi connectivity index (χ0n) is 12.9. The number of fused-ring (bicyclic) bond motifs is 1. The second-order valence-electron chi connectivity index (χ2n) is 6.83. The quantitative estimate of drug-likeness (QED) is 0.875. The van der Waals surface area contributed by atoms with Crippen molar-refractivity contribution in [2.45, 2.75) is 47.1 Å². The Bertz CT molecular complexity index is 437. The molecule has 2 heteroatoms. The van der Waals surface area contributed by atoms with Crippen molar-refractivity contribution in [3.05, 3.63) is 29.3 Å². The molecule has 1 unspecified atom stereocenters. The van der Waals surface area contributed by atoms with E-state index in [9.17, 15) is 0 Å². The Kier molecular flexibility index (Phi) is 4.19. The Morgan fingerprint density at radius 2 is 2.11 bits per heavy atom. The number of hydrogen-bond donors (Lipinski definition) is 1. The van der Waals surface area contributed by atoms with Crippen molar-refractivity contribution in [3.63, 3.8) is 0 Å². The highest BCUT2D eigenvalue weighted by molar-refractivity contribution is 5.40. The van der Waals surface area contributed by atoms with Gasteiger partial charge in [-0.2, -0.15) is 0 Å². The second-order valence-corrected chi connectivity index (χ2v) is 6.83. The smallest absolute Gasteiger partial charge is 0.123 e. The first-order chi connectivity index (χ1) is 8.88. The van der Waals surface area contributed by atoms with Crippen LogP contribution in [0.25, 0.3) is 0 Å². The van der Waals surface area contributed by atoms with E-state index in [1.165, 1.54) is 11.1 Å². The molecule has 0 saturated heterocycles. The Morgan fingerprint density at radius 3 is 2.79 bits per heavy atom. The van der Waals surface area contributed by atoms with E-state index in [1.54, 1.807) is 0 Å². The van der Waals surface area contributed by atoms with Gasteiger partial charge < -0.3 is 10.1 Å². The summed E-state index contributed by atoms with van der Waals surface area (Å²) in [6.45, 7) is 13.3. The predicted octanol–water partition coefficient (Wildman–Crippen LogP) is 3.57. The van der Waals surface area contributed by atoms with Crippen LogP contribution in [-0.2, 0) is 6.42 Å². The summed E-state index contributed by atoms with van der Waals surface area (Å²) in [5.41, 5.74) is 3.01. The number of rotatable bonds is 5. The van der Waals surface area contributed by atoms with Gasteiger partial charge in [0.15, 0.2) is 0 Å². The molecule has 1 aliphatic heterocycles. The van der Waals surface area contributed by atoms with Crippen LogP contribution in [0.3, 0.4) is 0 Å². The normalized spacial score (nSPS) is 18.5. The van der Waals surface area contributed by atoms with Gasteiger partial charge in [0.2, 0.25) is 0 Å². The maximum Gasteiger partial charge on any atom is 0.123 e. The summed E-state index contributed by atoms with van der Waals surface area (Å²) in [7, 11) is 0. The molecule has 0 saturated carbocycles. The summed E-state index contributed by atoms with van der Waals surface area (Å²) in [6.07, 6.45) is 1.33. The van der Waals surface area contributed by atoms with Gasteiger partial charge in [-0.3, -0.25) is 0 Å². The predicted molar refractivity (Wildman–Crippen MR) is 80.8 cm³/mol. The highest BCUT2D eigenvalue weighted by Gasteiger charge is 2.25. The van der Waals surface area contributed by atoms with Crippen molar-refractivity contribution >= 4 is 0 Å². The van der Waals surface area contributed by atoms with Gasteiger partial charge in [-0.1, -0.05) is 45.4 Å². The van der Waals surface area contributed by atoms with Gasteiger partial charge in [0.25, 0.3) is 0 Å². The van der Waals surface area contributed by atoms with E-state index in [1.807, 2.05) is 0 Å². The monoisotopic (exact) mass is 261 g/mol. The van der Waals surface area contributed by atoms with E-state index in [0.29, 0.717) is 17.4 Å². The van der Waals surface area contributed by atoms with Crippen LogP contribution < -0.4 is 10.1 Å². The standard InChI is InChI=1S/C17H27NO/c1-12(2)17(4,5)11-18-10-15-9-14-8-13(3)6-7-16(14)19-15/h6-8,12,15,18H,9-11H2,1-5H3. The lowest BCUT2D eigenvalue weighted by Crippen LogP contribution is -2.38.